The van der Waals surface area contributed by atoms with Gasteiger partial charge in [-0.05, 0) is 31.9 Å². The molecular weight excluding hydrogens is 334 g/mol. The molecule has 3 rings (SSSR count). The van der Waals surface area contributed by atoms with E-state index >= 15 is 0 Å². The molecular formula is C17H16ClNO5. The van der Waals surface area contributed by atoms with Gasteiger partial charge in [0.05, 0.1) is 6.54 Å². The average molecular weight is 350 g/mol. The molecule has 0 radical (unpaired) electrons. The lowest BCUT2D eigenvalue weighted by molar-refractivity contribution is -0.138. The Bertz CT molecular complexity index is 777. The Hall–Kier alpha value is -2.18. The van der Waals surface area contributed by atoms with Gasteiger partial charge >= 0.3 is 0 Å². The van der Waals surface area contributed by atoms with Crippen LogP contribution in [0.5, 0.6) is 0 Å². The highest BCUT2D eigenvalue weighted by Crippen LogP contribution is 2.46. The van der Waals surface area contributed by atoms with Crippen LogP contribution in [0.15, 0.2) is 23.8 Å². The van der Waals surface area contributed by atoms with Gasteiger partial charge in [0, 0.05) is 22.8 Å². The number of hydrogen-bond acceptors (Lipinski definition) is 5. The summed E-state index contributed by atoms with van der Waals surface area (Å²) in [5.41, 5.74) is -0.866. The van der Waals surface area contributed by atoms with Crippen LogP contribution in [0.3, 0.4) is 0 Å². The number of aliphatic hydroxyl groups excluding tert-OH is 1. The Morgan fingerprint density at radius 3 is 2.79 bits per heavy atom. The number of carbonyl (C=O) groups excluding carboxylic acids is 3. The minimum atomic E-state index is -1.28. The third kappa shape index (κ3) is 2.52. The first-order valence-corrected chi connectivity index (χ1v) is 7.94. The van der Waals surface area contributed by atoms with Gasteiger partial charge in [-0.25, -0.2) is 0 Å². The summed E-state index contributed by atoms with van der Waals surface area (Å²) in [4.78, 5) is 36.4. The maximum atomic E-state index is 13.0. The zero-order valence-corrected chi connectivity index (χ0v) is 13.8. The second-order valence-corrected chi connectivity index (χ2v) is 6.34. The number of rotatable bonds is 3. The van der Waals surface area contributed by atoms with Crippen molar-refractivity contribution in [2.45, 2.75) is 25.4 Å². The molecule has 0 unspecified atom stereocenters. The number of amides is 1. The van der Waals surface area contributed by atoms with Crippen molar-refractivity contribution in [2.75, 3.05) is 13.2 Å². The summed E-state index contributed by atoms with van der Waals surface area (Å²) >= 11 is 6.00. The molecule has 1 atom stereocenters. The fourth-order valence-corrected chi connectivity index (χ4v) is 3.34. The quantitative estimate of drug-likeness (QED) is 0.813. The maximum absolute atomic E-state index is 13.0. The first-order chi connectivity index (χ1) is 11.4. The number of fused-ring (bicyclic) bond motifs is 2. The molecule has 24 heavy (non-hydrogen) atoms. The summed E-state index contributed by atoms with van der Waals surface area (Å²) in [6, 6.07) is 4.76. The molecule has 0 saturated carbocycles. The van der Waals surface area contributed by atoms with Crippen LogP contribution in [0.1, 0.15) is 30.9 Å². The molecule has 1 aliphatic carbocycles. The number of benzene rings is 1. The molecule has 1 fully saturated rings. The van der Waals surface area contributed by atoms with Crippen LogP contribution in [0.25, 0.3) is 5.76 Å². The second kappa shape index (κ2) is 6.03. The maximum Gasteiger partial charge on any atom is 0.259 e. The van der Waals surface area contributed by atoms with Crippen LogP contribution in [0.2, 0.25) is 5.02 Å². The molecule has 0 bridgehead atoms. The molecule has 1 spiro atoms. The Balaban J connectivity index is 2.14. The molecule has 0 aromatic heterocycles. The lowest BCUT2D eigenvalue weighted by atomic mass is 9.75. The van der Waals surface area contributed by atoms with Crippen molar-refractivity contribution in [3.63, 3.8) is 0 Å². The standard InChI is InChI=1S/C17H16ClNO5/c1-9(20)8-19-16(23)13-14(21)11-7-10(18)3-4-12(11)17(15(13)22)5-2-6-24-17/h3-4,7,21H,2,5-6,8H2,1H3,(H,19,23)/t17-/m0/s1. The van der Waals surface area contributed by atoms with Crippen molar-refractivity contribution < 1.29 is 24.2 Å². The second-order valence-electron chi connectivity index (χ2n) is 5.91. The predicted octanol–water partition coefficient (Wildman–Crippen LogP) is 1.90. The highest BCUT2D eigenvalue weighted by Gasteiger charge is 2.52. The van der Waals surface area contributed by atoms with Gasteiger partial charge in [-0.15, -0.1) is 0 Å². The van der Waals surface area contributed by atoms with E-state index in [0.717, 1.165) is 0 Å². The van der Waals surface area contributed by atoms with Gasteiger partial charge in [0.2, 0.25) is 5.78 Å². The zero-order chi connectivity index (χ0) is 17.5. The van der Waals surface area contributed by atoms with E-state index in [9.17, 15) is 19.5 Å². The number of aliphatic hydroxyl groups is 1. The van der Waals surface area contributed by atoms with E-state index in [4.69, 9.17) is 16.3 Å². The topological polar surface area (TPSA) is 92.7 Å². The van der Waals surface area contributed by atoms with Crippen molar-refractivity contribution in [1.29, 1.82) is 0 Å². The van der Waals surface area contributed by atoms with Gasteiger partial charge in [-0.2, -0.15) is 0 Å². The number of carbonyl (C=O) groups is 3. The summed E-state index contributed by atoms with van der Waals surface area (Å²) < 4.78 is 5.73. The Labute approximate surface area is 143 Å². The smallest absolute Gasteiger partial charge is 0.259 e. The van der Waals surface area contributed by atoms with Crippen LogP contribution in [0, 0.1) is 0 Å². The first-order valence-electron chi connectivity index (χ1n) is 7.57. The van der Waals surface area contributed by atoms with Crippen LogP contribution >= 0.6 is 11.6 Å². The molecule has 1 heterocycles. The molecule has 1 aromatic carbocycles. The van der Waals surface area contributed by atoms with Gasteiger partial charge in [0.1, 0.15) is 17.1 Å². The monoisotopic (exact) mass is 349 g/mol. The lowest BCUT2D eigenvalue weighted by Gasteiger charge is -2.34. The molecule has 2 N–H and O–H groups in total. The van der Waals surface area contributed by atoms with E-state index in [-0.39, 0.29) is 12.3 Å². The molecule has 1 amide bonds. The van der Waals surface area contributed by atoms with Crippen molar-refractivity contribution in [2.24, 2.45) is 0 Å². The van der Waals surface area contributed by atoms with E-state index in [1.807, 2.05) is 0 Å². The third-order valence-electron chi connectivity index (χ3n) is 4.25. The number of ether oxygens (including phenoxy) is 1. The summed E-state index contributed by atoms with van der Waals surface area (Å²) in [5.74, 6) is -2.09. The third-order valence-corrected chi connectivity index (χ3v) is 4.48. The van der Waals surface area contributed by atoms with Crippen molar-refractivity contribution in [3.8, 4) is 0 Å². The highest BCUT2D eigenvalue weighted by molar-refractivity contribution is 6.31. The normalized spacial score (nSPS) is 22.7. The van der Waals surface area contributed by atoms with E-state index in [1.165, 1.54) is 13.0 Å². The Morgan fingerprint density at radius 2 is 2.17 bits per heavy atom. The SMILES string of the molecule is CC(=O)CNC(=O)C1=C(O)c2cc(Cl)ccc2[C@@]2(CCCO2)C1=O. The zero-order valence-electron chi connectivity index (χ0n) is 13.0. The van der Waals surface area contributed by atoms with Crippen molar-refractivity contribution in [1.82, 2.24) is 5.32 Å². The van der Waals surface area contributed by atoms with E-state index in [2.05, 4.69) is 5.32 Å². The molecule has 6 nitrogen and oxygen atoms in total. The van der Waals surface area contributed by atoms with Gasteiger partial charge in [0.15, 0.2) is 5.60 Å². The van der Waals surface area contributed by atoms with Gasteiger partial charge in [0.25, 0.3) is 5.91 Å². The summed E-state index contributed by atoms with van der Waals surface area (Å²) in [7, 11) is 0. The number of ketones is 2. The van der Waals surface area contributed by atoms with Gasteiger partial charge in [-0.1, -0.05) is 17.7 Å². The molecule has 7 heteroatoms. The lowest BCUT2D eigenvalue weighted by Crippen LogP contribution is -2.45. The van der Waals surface area contributed by atoms with Gasteiger partial charge in [-0.3, -0.25) is 14.4 Å². The fraction of sp³-hybridized carbons (Fsp3) is 0.353. The van der Waals surface area contributed by atoms with E-state index in [1.54, 1.807) is 12.1 Å². The fourth-order valence-electron chi connectivity index (χ4n) is 3.17. The highest BCUT2D eigenvalue weighted by atomic mass is 35.5. The minimum absolute atomic E-state index is 0.223. The predicted molar refractivity (Wildman–Crippen MR) is 86.6 cm³/mol. The van der Waals surface area contributed by atoms with Crippen LogP contribution in [-0.4, -0.2) is 35.7 Å². The number of nitrogens with one attached hydrogen (secondary N) is 1. The van der Waals surface area contributed by atoms with Crippen LogP contribution < -0.4 is 5.32 Å². The summed E-state index contributed by atoms with van der Waals surface area (Å²) in [5, 5.41) is 13.2. The van der Waals surface area contributed by atoms with Crippen LogP contribution in [0.4, 0.5) is 0 Å². The molecule has 1 saturated heterocycles. The molecule has 1 aromatic rings. The van der Waals surface area contributed by atoms with Gasteiger partial charge < -0.3 is 15.2 Å². The molecule has 126 valence electrons. The number of hydrogen-bond donors (Lipinski definition) is 2. The van der Waals surface area contributed by atoms with Crippen molar-refractivity contribution in [3.05, 3.63) is 39.9 Å². The number of Topliss-reactive ketones (excluding diaryl/α,β-unsaturated/α-hetero) is 2. The first kappa shape index (κ1) is 16.7. The van der Waals surface area contributed by atoms with E-state index < -0.39 is 28.6 Å². The minimum Gasteiger partial charge on any atom is -0.506 e. The van der Waals surface area contributed by atoms with Crippen LogP contribution in [-0.2, 0) is 24.7 Å². The molecule has 2 aliphatic rings. The Kier molecular flexibility index (Phi) is 4.19. The molecule has 1 aliphatic heterocycles. The largest absolute Gasteiger partial charge is 0.506 e. The van der Waals surface area contributed by atoms with E-state index in [0.29, 0.717) is 35.6 Å². The summed E-state index contributed by atoms with van der Waals surface area (Å²) in [6.45, 7) is 1.48. The Morgan fingerprint density at radius 1 is 1.42 bits per heavy atom. The summed E-state index contributed by atoms with van der Waals surface area (Å²) in [6.07, 6.45) is 1.08. The van der Waals surface area contributed by atoms with Crippen molar-refractivity contribution >= 4 is 34.8 Å². The average Bonchev–Trinajstić information content (AvgIpc) is 3.02. The number of halogens is 1.